The molecule has 1 aliphatic heterocycles. The van der Waals surface area contributed by atoms with Gasteiger partial charge < -0.3 is 18.9 Å². The number of methoxy groups -OCH3 is 4. The minimum Gasteiger partial charge on any atom is -0.493 e. The van der Waals surface area contributed by atoms with Crippen LogP contribution in [0.3, 0.4) is 0 Å². The summed E-state index contributed by atoms with van der Waals surface area (Å²) in [6, 6.07) is 10.6. The average Bonchev–Trinajstić information content (AvgIpc) is 2.68. The first-order chi connectivity index (χ1) is 12.6. The van der Waals surface area contributed by atoms with Crippen LogP contribution < -0.4 is 18.9 Å². The fourth-order valence-electron chi connectivity index (χ4n) is 3.65. The van der Waals surface area contributed by atoms with Gasteiger partial charge >= 0.3 is 0 Å². The number of hydrogen-bond donors (Lipinski definition) is 0. The van der Waals surface area contributed by atoms with E-state index in [0.29, 0.717) is 0 Å². The monoisotopic (exact) mass is 357 g/mol. The molecular formula is C21H27NO4. The summed E-state index contributed by atoms with van der Waals surface area (Å²) in [5.41, 5.74) is 3.83. The van der Waals surface area contributed by atoms with Crippen molar-refractivity contribution in [2.75, 3.05) is 42.0 Å². The molecule has 26 heavy (non-hydrogen) atoms. The Morgan fingerprint density at radius 3 is 2.12 bits per heavy atom. The first-order valence-corrected chi connectivity index (χ1v) is 8.77. The van der Waals surface area contributed by atoms with Gasteiger partial charge in [-0.3, -0.25) is 4.90 Å². The van der Waals surface area contributed by atoms with E-state index in [1.54, 1.807) is 28.4 Å². The second-order valence-corrected chi connectivity index (χ2v) is 6.55. The van der Waals surface area contributed by atoms with Crippen molar-refractivity contribution in [3.8, 4) is 23.0 Å². The van der Waals surface area contributed by atoms with Gasteiger partial charge in [-0.1, -0.05) is 6.07 Å². The quantitative estimate of drug-likeness (QED) is 0.791. The Morgan fingerprint density at radius 2 is 1.46 bits per heavy atom. The third-order valence-electron chi connectivity index (χ3n) is 5.15. The highest BCUT2D eigenvalue weighted by Crippen LogP contribution is 2.39. The molecule has 1 atom stereocenters. The Bertz CT molecular complexity index is 775. The molecule has 2 aromatic rings. The van der Waals surface area contributed by atoms with Gasteiger partial charge in [0.05, 0.1) is 28.4 Å². The Morgan fingerprint density at radius 1 is 0.846 bits per heavy atom. The average molecular weight is 357 g/mol. The van der Waals surface area contributed by atoms with Crippen LogP contribution in [0.2, 0.25) is 0 Å². The predicted molar refractivity (Wildman–Crippen MR) is 102 cm³/mol. The van der Waals surface area contributed by atoms with Crippen LogP contribution in [0.4, 0.5) is 0 Å². The third-order valence-corrected chi connectivity index (χ3v) is 5.15. The maximum atomic E-state index is 5.52. The first kappa shape index (κ1) is 18.4. The van der Waals surface area contributed by atoms with Gasteiger partial charge in [-0.25, -0.2) is 0 Å². The fraction of sp³-hybridized carbons (Fsp3) is 0.429. The van der Waals surface area contributed by atoms with Crippen molar-refractivity contribution in [1.29, 1.82) is 0 Å². The van der Waals surface area contributed by atoms with E-state index in [1.165, 1.54) is 16.7 Å². The number of rotatable bonds is 6. The second kappa shape index (κ2) is 7.87. The summed E-state index contributed by atoms with van der Waals surface area (Å²) in [6.45, 7) is 1.01. The molecule has 2 aromatic carbocycles. The van der Waals surface area contributed by atoms with E-state index < -0.39 is 0 Å². The van der Waals surface area contributed by atoms with E-state index in [2.05, 4.69) is 36.2 Å². The SMILES string of the molecule is COc1ccc(C[C@@H]2c3cc(OC)c(OC)cc3CCN2C)cc1OC. The predicted octanol–water partition coefficient (Wildman–Crippen LogP) is 3.49. The van der Waals surface area contributed by atoms with E-state index in [1.807, 2.05) is 6.07 Å². The van der Waals surface area contributed by atoms with E-state index in [9.17, 15) is 0 Å². The molecule has 3 rings (SSSR count). The van der Waals surface area contributed by atoms with E-state index in [0.717, 1.165) is 42.4 Å². The zero-order chi connectivity index (χ0) is 18.7. The Labute approximate surface area is 155 Å². The van der Waals surface area contributed by atoms with Crippen molar-refractivity contribution in [2.45, 2.75) is 18.9 Å². The van der Waals surface area contributed by atoms with Gasteiger partial charge in [0.2, 0.25) is 0 Å². The Hall–Kier alpha value is -2.40. The molecule has 140 valence electrons. The van der Waals surface area contributed by atoms with E-state index in [-0.39, 0.29) is 6.04 Å². The lowest BCUT2D eigenvalue weighted by molar-refractivity contribution is 0.227. The van der Waals surface area contributed by atoms with Crippen LogP contribution in [0.5, 0.6) is 23.0 Å². The van der Waals surface area contributed by atoms with Crippen molar-refractivity contribution in [3.63, 3.8) is 0 Å². The summed E-state index contributed by atoms with van der Waals surface area (Å²) in [7, 11) is 8.86. The Kier molecular flexibility index (Phi) is 5.57. The van der Waals surface area contributed by atoms with Crippen molar-refractivity contribution in [2.24, 2.45) is 0 Å². The maximum absolute atomic E-state index is 5.52. The molecule has 5 heteroatoms. The minimum atomic E-state index is 0.275. The molecule has 0 saturated carbocycles. The minimum absolute atomic E-state index is 0.275. The molecule has 0 unspecified atom stereocenters. The van der Waals surface area contributed by atoms with Gasteiger partial charge in [-0.2, -0.15) is 0 Å². The van der Waals surface area contributed by atoms with Gasteiger partial charge in [-0.15, -0.1) is 0 Å². The zero-order valence-corrected chi connectivity index (χ0v) is 16.2. The highest BCUT2D eigenvalue weighted by Gasteiger charge is 2.27. The lowest BCUT2D eigenvalue weighted by atomic mass is 9.88. The molecule has 1 aliphatic rings. The molecule has 0 spiro atoms. The van der Waals surface area contributed by atoms with Gasteiger partial charge in [0.15, 0.2) is 23.0 Å². The summed E-state index contributed by atoms with van der Waals surface area (Å²) in [5, 5.41) is 0. The van der Waals surface area contributed by atoms with E-state index >= 15 is 0 Å². The summed E-state index contributed by atoms with van der Waals surface area (Å²) in [6.07, 6.45) is 1.90. The summed E-state index contributed by atoms with van der Waals surface area (Å²) in [4.78, 5) is 2.39. The van der Waals surface area contributed by atoms with Gasteiger partial charge in [0, 0.05) is 12.6 Å². The molecule has 0 bridgehead atoms. The molecule has 0 radical (unpaired) electrons. The van der Waals surface area contributed by atoms with Crippen LogP contribution in [-0.4, -0.2) is 46.9 Å². The topological polar surface area (TPSA) is 40.2 Å². The number of likely N-dealkylation sites (N-methyl/N-ethyl adjacent to an activating group) is 1. The molecular weight excluding hydrogens is 330 g/mol. The highest BCUT2D eigenvalue weighted by molar-refractivity contribution is 5.50. The number of nitrogens with zero attached hydrogens (tertiary/aromatic N) is 1. The molecule has 0 aliphatic carbocycles. The van der Waals surface area contributed by atoms with Crippen molar-refractivity contribution >= 4 is 0 Å². The third kappa shape index (κ3) is 3.44. The molecule has 0 N–H and O–H groups in total. The van der Waals surface area contributed by atoms with Crippen LogP contribution in [0, 0.1) is 0 Å². The number of ether oxygens (including phenoxy) is 4. The number of benzene rings is 2. The summed E-state index contributed by atoms with van der Waals surface area (Å²) >= 11 is 0. The fourth-order valence-corrected chi connectivity index (χ4v) is 3.65. The van der Waals surface area contributed by atoms with Crippen LogP contribution in [0.25, 0.3) is 0 Å². The van der Waals surface area contributed by atoms with Crippen LogP contribution in [0.1, 0.15) is 22.7 Å². The molecule has 0 fully saturated rings. The van der Waals surface area contributed by atoms with Crippen LogP contribution in [-0.2, 0) is 12.8 Å². The number of fused-ring (bicyclic) bond motifs is 1. The van der Waals surface area contributed by atoms with Crippen molar-refractivity contribution in [1.82, 2.24) is 4.90 Å². The first-order valence-electron chi connectivity index (χ1n) is 8.77. The van der Waals surface area contributed by atoms with Gasteiger partial charge in [-0.05, 0) is 60.8 Å². The lowest BCUT2D eigenvalue weighted by Crippen LogP contribution is -2.33. The Balaban J connectivity index is 1.96. The highest BCUT2D eigenvalue weighted by atomic mass is 16.5. The molecule has 1 heterocycles. The summed E-state index contributed by atoms with van der Waals surface area (Å²) < 4.78 is 21.8. The number of hydrogen-bond acceptors (Lipinski definition) is 5. The van der Waals surface area contributed by atoms with E-state index in [4.69, 9.17) is 18.9 Å². The largest absolute Gasteiger partial charge is 0.493 e. The normalized spacial score (nSPS) is 16.7. The molecule has 5 nitrogen and oxygen atoms in total. The van der Waals surface area contributed by atoms with Crippen molar-refractivity contribution < 1.29 is 18.9 Å². The maximum Gasteiger partial charge on any atom is 0.161 e. The van der Waals surface area contributed by atoms with Crippen LogP contribution in [0.15, 0.2) is 30.3 Å². The molecule has 0 saturated heterocycles. The molecule has 0 amide bonds. The zero-order valence-electron chi connectivity index (χ0n) is 16.2. The van der Waals surface area contributed by atoms with Gasteiger partial charge in [0.1, 0.15) is 0 Å². The lowest BCUT2D eigenvalue weighted by Gasteiger charge is -2.35. The smallest absolute Gasteiger partial charge is 0.161 e. The standard InChI is InChI=1S/C21H27NO4/c1-22-9-8-15-12-20(25-4)21(26-5)13-16(15)17(22)10-14-6-7-18(23-2)19(11-14)24-3/h6-7,11-13,17H,8-10H2,1-5H3/t17-/m1/s1. The second-order valence-electron chi connectivity index (χ2n) is 6.55. The summed E-state index contributed by atoms with van der Waals surface area (Å²) in [5.74, 6) is 3.08. The van der Waals surface area contributed by atoms with Crippen LogP contribution >= 0.6 is 0 Å². The molecule has 0 aromatic heterocycles. The van der Waals surface area contributed by atoms with Crippen molar-refractivity contribution in [3.05, 3.63) is 47.0 Å². The van der Waals surface area contributed by atoms with Gasteiger partial charge in [0.25, 0.3) is 0 Å².